The summed E-state index contributed by atoms with van der Waals surface area (Å²) in [5, 5.41) is 0. The van der Waals surface area contributed by atoms with Crippen molar-refractivity contribution in [3.8, 4) is 17.6 Å². The maximum Gasteiger partial charge on any atom is 0.123 e. The Balaban J connectivity index is 2.20. The van der Waals surface area contributed by atoms with E-state index in [9.17, 15) is 0 Å². The zero-order valence-electron chi connectivity index (χ0n) is 11.8. The van der Waals surface area contributed by atoms with Gasteiger partial charge in [0.2, 0.25) is 0 Å². The van der Waals surface area contributed by atoms with E-state index in [4.69, 9.17) is 10.5 Å². The lowest BCUT2D eigenvalue weighted by Crippen LogP contribution is -2.26. The van der Waals surface area contributed by atoms with Crippen LogP contribution in [-0.2, 0) is 6.54 Å². The highest BCUT2D eigenvalue weighted by molar-refractivity contribution is 5.44. The highest BCUT2D eigenvalue weighted by Crippen LogP contribution is 2.25. The van der Waals surface area contributed by atoms with Crippen LogP contribution in [0.5, 0.6) is 5.75 Å². The molecule has 19 heavy (non-hydrogen) atoms. The van der Waals surface area contributed by atoms with Gasteiger partial charge in [0.1, 0.15) is 5.75 Å². The van der Waals surface area contributed by atoms with E-state index in [1.54, 1.807) is 7.11 Å². The van der Waals surface area contributed by atoms with Crippen molar-refractivity contribution in [2.45, 2.75) is 32.4 Å². The van der Waals surface area contributed by atoms with Crippen LogP contribution in [-0.4, -0.2) is 31.1 Å². The Morgan fingerprint density at radius 1 is 1.47 bits per heavy atom. The minimum Gasteiger partial charge on any atom is -0.496 e. The fourth-order valence-electron chi connectivity index (χ4n) is 2.58. The molecule has 2 rings (SSSR count). The molecule has 0 saturated carbocycles. The zero-order chi connectivity index (χ0) is 13.7. The van der Waals surface area contributed by atoms with E-state index in [2.05, 4.69) is 29.7 Å². The molecule has 1 aromatic rings. The number of methoxy groups -OCH3 is 1. The Bertz CT molecular complexity index is 487. The minimum atomic E-state index is 0.393. The standard InChI is InChI=1S/C16H22N2O/c1-13-5-4-10-18(13)12-15-11-14(6-3-9-17)7-8-16(15)19-2/h7-8,11,13H,4-5,9-10,12,17H2,1-2H3. The van der Waals surface area contributed by atoms with E-state index in [1.807, 2.05) is 12.1 Å². The average molecular weight is 258 g/mol. The van der Waals surface area contributed by atoms with Gasteiger partial charge in [-0.3, -0.25) is 4.90 Å². The van der Waals surface area contributed by atoms with Gasteiger partial charge in [0.15, 0.2) is 0 Å². The third kappa shape index (κ3) is 3.50. The molecular weight excluding hydrogens is 236 g/mol. The number of nitrogens with two attached hydrogens (primary N) is 1. The summed E-state index contributed by atoms with van der Waals surface area (Å²) in [4.78, 5) is 2.50. The van der Waals surface area contributed by atoms with Gasteiger partial charge in [0.05, 0.1) is 13.7 Å². The van der Waals surface area contributed by atoms with Gasteiger partial charge in [0, 0.05) is 23.7 Å². The second-order valence-corrected chi connectivity index (χ2v) is 4.99. The van der Waals surface area contributed by atoms with E-state index in [0.29, 0.717) is 12.6 Å². The lowest BCUT2D eigenvalue weighted by Gasteiger charge is -2.22. The number of rotatable bonds is 3. The molecule has 1 saturated heterocycles. The van der Waals surface area contributed by atoms with E-state index in [0.717, 1.165) is 17.9 Å². The van der Waals surface area contributed by atoms with Crippen LogP contribution in [0.2, 0.25) is 0 Å². The lowest BCUT2D eigenvalue weighted by molar-refractivity contribution is 0.256. The minimum absolute atomic E-state index is 0.393. The first kappa shape index (κ1) is 13.9. The van der Waals surface area contributed by atoms with Crippen molar-refractivity contribution in [1.82, 2.24) is 4.90 Å². The zero-order valence-corrected chi connectivity index (χ0v) is 11.8. The van der Waals surface area contributed by atoms with Crippen molar-refractivity contribution in [2.75, 3.05) is 20.2 Å². The number of hydrogen-bond acceptors (Lipinski definition) is 3. The summed E-state index contributed by atoms with van der Waals surface area (Å²) in [6.45, 7) is 4.79. The topological polar surface area (TPSA) is 38.5 Å². The van der Waals surface area contributed by atoms with E-state index in [1.165, 1.54) is 24.9 Å². The van der Waals surface area contributed by atoms with Crippen LogP contribution in [0.15, 0.2) is 18.2 Å². The molecular formula is C16H22N2O. The molecule has 0 radical (unpaired) electrons. The average Bonchev–Trinajstić information content (AvgIpc) is 2.82. The van der Waals surface area contributed by atoms with Crippen LogP contribution in [0.3, 0.4) is 0 Å². The fraction of sp³-hybridized carbons (Fsp3) is 0.500. The van der Waals surface area contributed by atoms with E-state index < -0.39 is 0 Å². The molecule has 1 unspecified atom stereocenters. The first-order chi connectivity index (χ1) is 9.24. The first-order valence-corrected chi connectivity index (χ1v) is 6.84. The largest absolute Gasteiger partial charge is 0.496 e. The normalized spacial score (nSPS) is 19.0. The molecule has 1 atom stereocenters. The summed E-state index contributed by atoms with van der Waals surface area (Å²) in [7, 11) is 1.72. The van der Waals surface area contributed by atoms with Gasteiger partial charge in [-0.2, -0.15) is 0 Å². The molecule has 1 fully saturated rings. The lowest BCUT2D eigenvalue weighted by atomic mass is 10.1. The molecule has 0 aliphatic carbocycles. The molecule has 3 nitrogen and oxygen atoms in total. The van der Waals surface area contributed by atoms with Gasteiger partial charge in [-0.05, 0) is 44.5 Å². The Labute approximate surface area is 115 Å². The number of benzene rings is 1. The maximum absolute atomic E-state index is 5.45. The summed E-state index contributed by atoms with van der Waals surface area (Å²) < 4.78 is 5.45. The Morgan fingerprint density at radius 3 is 2.95 bits per heavy atom. The first-order valence-electron chi connectivity index (χ1n) is 6.84. The molecule has 2 N–H and O–H groups in total. The molecule has 0 aromatic heterocycles. The molecule has 1 aliphatic heterocycles. The Hall–Kier alpha value is -1.50. The Morgan fingerprint density at radius 2 is 2.32 bits per heavy atom. The third-order valence-corrected chi connectivity index (χ3v) is 3.68. The molecule has 0 amide bonds. The monoisotopic (exact) mass is 258 g/mol. The van der Waals surface area contributed by atoms with Gasteiger partial charge >= 0.3 is 0 Å². The van der Waals surface area contributed by atoms with Crippen molar-refractivity contribution >= 4 is 0 Å². The maximum atomic E-state index is 5.45. The number of hydrogen-bond donors (Lipinski definition) is 1. The smallest absolute Gasteiger partial charge is 0.123 e. The van der Waals surface area contributed by atoms with E-state index in [-0.39, 0.29) is 0 Å². The van der Waals surface area contributed by atoms with Crippen molar-refractivity contribution < 1.29 is 4.74 Å². The van der Waals surface area contributed by atoms with Crippen LogP contribution < -0.4 is 10.5 Å². The highest BCUT2D eigenvalue weighted by atomic mass is 16.5. The summed E-state index contributed by atoms with van der Waals surface area (Å²) in [5.74, 6) is 6.92. The van der Waals surface area contributed by atoms with Gasteiger partial charge in [-0.15, -0.1) is 0 Å². The second-order valence-electron chi connectivity index (χ2n) is 4.99. The van der Waals surface area contributed by atoms with E-state index >= 15 is 0 Å². The quantitative estimate of drug-likeness (QED) is 0.843. The summed E-state index contributed by atoms with van der Waals surface area (Å²) in [6, 6.07) is 6.75. The van der Waals surface area contributed by atoms with Gasteiger partial charge in [-0.25, -0.2) is 0 Å². The SMILES string of the molecule is COc1ccc(C#CCN)cc1CN1CCCC1C. The van der Waals surface area contributed by atoms with Crippen molar-refractivity contribution in [1.29, 1.82) is 0 Å². The summed E-state index contributed by atoms with van der Waals surface area (Å²) in [6.07, 6.45) is 2.57. The van der Waals surface area contributed by atoms with Gasteiger partial charge < -0.3 is 10.5 Å². The van der Waals surface area contributed by atoms with Crippen LogP contribution in [0.4, 0.5) is 0 Å². The molecule has 0 spiro atoms. The fourth-order valence-corrected chi connectivity index (χ4v) is 2.58. The van der Waals surface area contributed by atoms with Crippen molar-refractivity contribution in [2.24, 2.45) is 5.73 Å². The summed E-state index contributed by atoms with van der Waals surface area (Å²) >= 11 is 0. The predicted octanol–water partition coefficient (Wildman–Crippen LogP) is 1.99. The van der Waals surface area contributed by atoms with Crippen LogP contribution in [0.1, 0.15) is 30.9 Å². The van der Waals surface area contributed by atoms with Crippen LogP contribution in [0.25, 0.3) is 0 Å². The third-order valence-electron chi connectivity index (χ3n) is 3.68. The number of nitrogens with zero attached hydrogens (tertiary/aromatic N) is 1. The van der Waals surface area contributed by atoms with Crippen LogP contribution in [0, 0.1) is 11.8 Å². The Kier molecular flexibility index (Phi) is 4.84. The predicted molar refractivity (Wildman–Crippen MR) is 78.0 cm³/mol. The molecule has 102 valence electrons. The van der Waals surface area contributed by atoms with Crippen LogP contribution >= 0.6 is 0 Å². The molecule has 1 aromatic carbocycles. The second kappa shape index (κ2) is 6.60. The molecule has 3 heteroatoms. The highest BCUT2D eigenvalue weighted by Gasteiger charge is 2.21. The molecule has 1 heterocycles. The molecule has 1 aliphatic rings. The van der Waals surface area contributed by atoms with Gasteiger partial charge in [-0.1, -0.05) is 11.8 Å². The van der Waals surface area contributed by atoms with Crippen molar-refractivity contribution in [3.05, 3.63) is 29.3 Å². The van der Waals surface area contributed by atoms with Crippen molar-refractivity contribution in [3.63, 3.8) is 0 Å². The summed E-state index contributed by atoms with van der Waals surface area (Å²) in [5.41, 5.74) is 7.63. The van der Waals surface area contributed by atoms with Gasteiger partial charge in [0.25, 0.3) is 0 Å². The number of likely N-dealkylation sites (tertiary alicyclic amines) is 1. The molecule has 0 bridgehead atoms. The number of ether oxygens (including phenoxy) is 1.